The summed E-state index contributed by atoms with van der Waals surface area (Å²) < 4.78 is 5.71. The van der Waals surface area contributed by atoms with Crippen LogP contribution in [0.4, 0.5) is 0 Å². The van der Waals surface area contributed by atoms with E-state index in [9.17, 15) is 5.11 Å². The average molecular weight is 277 g/mol. The topological polar surface area (TPSA) is 41.5 Å². The van der Waals surface area contributed by atoms with E-state index in [4.69, 9.17) is 4.74 Å². The highest BCUT2D eigenvalue weighted by molar-refractivity contribution is 5.37. The van der Waals surface area contributed by atoms with Crippen LogP contribution in [0, 0.1) is 5.41 Å². The number of aliphatic hydroxyl groups excluding tert-OH is 1. The molecule has 112 valence electrons. The summed E-state index contributed by atoms with van der Waals surface area (Å²) in [6, 6.07) is 8.66. The molecule has 0 radical (unpaired) electrons. The Kier molecular flexibility index (Phi) is 5.06. The van der Waals surface area contributed by atoms with Crippen LogP contribution in [0.15, 0.2) is 24.3 Å². The predicted octanol–water partition coefficient (Wildman–Crippen LogP) is 2.94. The lowest BCUT2D eigenvalue weighted by molar-refractivity contribution is 0.190. The normalized spacial score (nSPS) is 20.1. The Labute approximate surface area is 122 Å². The van der Waals surface area contributed by atoms with E-state index < -0.39 is 0 Å². The molecular formula is C17H27NO2. The fourth-order valence-corrected chi connectivity index (χ4v) is 2.88. The molecule has 20 heavy (non-hydrogen) atoms. The molecule has 3 nitrogen and oxygen atoms in total. The van der Waals surface area contributed by atoms with Crippen molar-refractivity contribution in [3.63, 3.8) is 0 Å². The summed E-state index contributed by atoms with van der Waals surface area (Å²) in [4.78, 5) is 0. The van der Waals surface area contributed by atoms with Gasteiger partial charge in [-0.1, -0.05) is 39.0 Å². The van der Waals surface area contributed by atoms with Crippen molar-refractivity contribution in [1.82, 2.24) is 5.32 Å². The Balaban J connectivity index is 2.00. The van der Waals surface area contributed by atoms with Crippen LogP contribution in [-0.2, 0) is 0 Å². The maximum absolute atomic E-state index is 9.23. The van der Waals surface area contributed by atoms with Gasteiger partial charge >= 0.3 is 0 Å². The van der Waals surface area contributed by atoms with E-state index in [1.807, 2.05) is 6.07 Å². The van der Waals surface area contributed by atoms with Gasteiger partial charge in [0.15, 0.2) is 0 Å². The Morgan fingerprint density at radius 3 is 2.80 bits per heavy atom. The smallest absolute Gasteiger partial charge is 0.122 e. The molecule has 0 spiro atoms. The molecule has 0 saturated carbocycles. The van der Waals surface area contributed by atoms with Crippen LogP contribution in [0.1, 0.15) is 45.1 Å². The number of nitrogens with one attached hydrogen (secondary N) is 1. The Morgan fingerprint density at radius 1 is 1.35 bits per heavy atom. The van der Waals surface area contributed by atoms with E-state index in [1.54, 1.807) is 0 Å². The van der Waals surface area contributed by atoms with Crippen molar-refractivity contribution >= 4 is 0 Å². The second-order valence-electron chi connectivity index (χ2n) is 6.71. The zero-order chi connectivity index (χ0) is 14.6. The molecule has 0 saturated heterocycles. The summed E-state index contributed by atoms with van der Waals surface area (Å²) in [6.07, 6.45) is 1.86. The first-order chi connectivity index (χ1) is 9.52. The predicted molar refractivity (Wildman–Crippen MR) is 82.2 cm³/mol. The van der Waals surface area contributed by atoms with Crippen molar-refractivity contribution in [3.8, 4) is 5.75 Å². The molecule has 3 heteroatoms. The summed E-state index contributed by atoms with van der Waals surface area (Å²) in [5.41, 5.74) is 1.47. The van der Waals surface area contributed by atoms with Gasteiger partial charge in [0.2, 0.25) is 0 Å². The van der Waals surface area contributed by atoms with Gasteiger partial charge in [-0.25, -0.2) is 0 Å². The Morgan fingerprint density at radius 2 is 2.10 bits per heavy atom. The van der Waals surface area contributed by atoms with Crippen molar-refractivity contribution in [1.29, 1.82) is 0 Å². The van der Waals surface area contributed by atoms with Crippen LogP contribution < -0.4 is 10.1 Å². The summed E-state index contributed by atoms with van der Waals surface area (Å²) in [5, 5.41) is 12.9. The van der Waals surface area contributed by atoms with Crippen LogP contribution in [0.5, 0.6) is 5.75 Å². The molecule has 0 fully saturated rings. The highest BCUT2D eigenvalue weighted by Gasteiger charge is 2.26. The van der Waals surface area contributed by atoms with Crippen LogP contribution in [0.25, 0.3) is 0 Å². The molecule has 2 atom stereocenters. The molecule has 1 aliphatic heterocycles. The van der Waals surface area contributed by atoms with Crippen molar-refractivity contribution in [3.05, 3.63) is 29.8 Å². The number of hydrogen-bond donors (Lipinski definition) is 2. The van der Waals surface area contributed by atoms with Gasteiger partial charge < -0.3 is 15.2 Å². The first kappa shape index (κ1) is 15.3. The minimum Gasteiger partial charge on any atom is -0.493 e. The minimum absolute atomic E-state index is 0.160. The van der Waals surface area contributed by atoms with Crippen molar-refractivity contribution in [2.24, 2.45) is 5.41 Å². The van der Waals surface area contributed by atoms with E-state index in [-0.39, 0.29) is 12.0 Å². The van der Waals surface area contributed by atoms with Crippen molar-refractivity contribution < 1.29 is 9.84 Å². The molecule has 2 rings (SSSR count). The second kappa shape index (κ2) is 6.59. The monoisotopic (exact) mass is 277 g/mol. The largest absolute Gasteiger partial charge is 0.493 e. The van der Waals surface area contributed by atoms with Gasteiger partial charge in [-0.2, -0.15) is 0 Å². The molecule has 1 heterocycles. The molecule has 0 bridgehead atoms. The van der Waals surface area contributed by atoms with E-state index in [2.05, 4.69) is 44.3 Å². The van der Waals surface area contributed by atoms with Crippen LogP contribution in [0.2, 0.25) is 0 Å². The van der Waals surface area contributed by atoms with Gasteiger partial charge in [0.25, 0.3) is 0 Å². The molecule has 0 aliphatic carbocycles. The van der Waals surface area contributed by atoms with Crippen LogP contribution in [0.3, 0.4) is 0 Å². The summed E-state index contributed by atoms with van der Waals surface area (Å²) in [6.45, 7) is 8.64. The van der Waals surface area contributed by atoms with Gasteiger partial charge in [0.1, 0.15) is 5.75 Å². The number of benzene rings is 1. The molecule has 0 aromatic heterocycles. The van der Waals surface area contributed by atoms with Gasteiger partial charge in [0, 0.05) is 25.1 Å². The first-order valence-electron chi connectivity index (χ1n) is 7.58. The van der Waals surface area contributed by atoms with Gasteiger partial charge in [-0.05, 0) is 29.9 Å². The van der Waals surface area contributed by atoms with Crippen LogP contribution in [-0.4, -0.2) is 30.9 Å². The molecule has 1 aromatic rings. The fourth-order valence-electron chi connectivity index (χ4n) is 2.88. The number of rotatable bonds is 5. The third kappa shape index (κ3) is 3.74. The van der Waals surface area contributed by atoms with Gasteiger partial charge in [-0.15, -0.1) is 0 Å². The first-order valence-corrected chi connectivity index (χ1v) is 7.58. The molecule has 0 amide bonds. The van der Waals surface area contributed by atoms with Gasteiger partial charge in [0.05, 0.1) is 6.61 Å². The van der Waals surface area contributed by atoms with E-state index in [0.29, 0.717) is 12.0 Å². The number of para-hydroxylation sites is 1. The maximum Gasteiger partial charge on any atom is 0.122 e. The zero-order valence-electron chi connectivity index (χ0n) is 12.9. The third-order valence-electron chi connectivity index (χ3n) is 4.16. The number of aliphatic hydroxyl groups is 1. The SMILES string of the molecule is CC(C)(C)C(CCO)NCC1CCOc2ccccc21. The summed E-state index contributed by atoms with van der Waals surface area (Å²) >= 11 is 0. The molecule has 1 aromatic carbocycles. The molecule has 1 aliphatic rings. The molecular weight excluding hydrogens is 250 g/mol. The lowest BCUT2D eigenvalue weighted by Crippen LogP contribution is -2.43. The quantitative estimate of drug-likeness (QED) is 0.869. The molecule has 2 N–H and O–H groups in total. The lowest BCUT2D eigenvalue weighted by atomic mass is 9.84. The molecule has 2 unspecified atom stereocenters. The maximum atomic E-state index is 9.23. The standard InChI is InChI=1S/C17H27NO2/c1-17(2,3)16(8-10-19)18-12-13-9-11-20-15-7-5-4-6-14(13)15/h4-7,13,16,18-19H,8-12H2,1-3H3. The van der Waals surface area contributed by atoms with Crippen molar-refractivity contribution in [2.75, 3.05) is 19.8 Å². The summed E-state index contributed by atoms with van der Waals surface area (Å²) in [5.74, 6) is 1.53. The number of ether oxygens (including phenoxy) is 1. The highest BCUT2D eigenvalue weighted by Crippen LogP contribution is 2.33. The lowest BCUT2D eigenvalue weighted by Gasteiger charge is -2.34. The number of hydrogen-bond acceptors (Lipinski definition) is 3. The fraction of sp³-hybridized carbons (Fsp3) is 0.647. The Bertz CT molecular complexity index is 425. The Hall–Kier alpha value is -1.06. The third-order valence-corrected chi connectivity index (χ3v) is 4.16. The van der Waals surface area contributed by atoms with Gasteiger partial charge in [-0.3, -0.25) is 0 Å². The minimum atomic E-state index is 0.160. The van der Waals surface area contributed by atoms with Crippen LogP contribution >= 0.6 is 0 Å². The second-order valence-corrected chi connectivity index (χ2v) is 6.71. The highest BCUT2D eigenvalue weighted by atomic mass is 16.5. The van der Waals surface area contributed by atoms with E-state index >= 15 is 0 Å². The van der Waals surface area contributed by atoms with E-state index in [0.717, 1.165) is 31.7 Å². The summed E-state index contributed by atoms with van der Waals surface area (Å²) in [7, 11) is 0. The number of fused-ring (bicyclic) bond motifs is 1. The van der Waals surface area contributed by atoms with E-state index in [1.165, 1.54) is 5.56 Å². The van der Waals surface area contributed by atoms with Crippen molar-refractivity contribution in [2.45, 2.75) is 45.6 Å². The zero-order valence-corrected chi connectivity index (χ0v) is 12.9. The average Bonchev–Trinajstić information content (AvgIpc) is 2.42.